The summed E-state index contributed by atoms with van der Waals surface area (Å²) in [7, 11) is 0. The molecule has 0 fully saturated rings. The number of amides is 1. The fourth-order valence-electron chi connectivity index (χ4n) is 3.19. The first-order valence-corrected chi connectivity index (χ1v) is 9.57. The molecule has 7 heteroatoms. The first-order chi connectivity index (χ1) is 14.9. The first-order valence-electron chi connectivity index (χ1n) is 9.57. The molecule has 0 saturated carbocycles. The minimum absolute atomic E-state index is 0.121. The van der Waals surface area contributed by atoms with Gasteiger partial charge in [-0.3, -0.25) is 4.79 Å². The van der Waals surface area contributed by atoms with Crippen LogP contribution in [0.5, 0.6) is 0 Å². The average Bonchev–Trinajstić information content (AvgIpc) is 3.28. The van der Waals surface area contributed by atoms with Crippen molar-refractivity contribution in [2.45, 2.75) is 20.5 Å². The molecule has 1 amide bonds. The number of para-hydroxylation sites is 1. The third kappa shape index (κ3) is 4.25. The molecule has 0 radical (unpaired) electrons. The second-order valence-corrected chi connectivity index (χ2v) is 7.08. The minimum Gasteiger partial charge on any atom is -0.459 e. The predicted octanol–water partition coefficient (Wildman–Crippen LogP) is 4.61. The highest BCUT2D eigenvalue weighted by atomic mass is 16.5. The molecule has 0 aliphatic carbocycles. The number of nitrogens with one attached hydrogen (secondary N) is 1. The van der Waals surface area contributed by atoms with E-state index in [2.05, 4.69) is 5.32 Å². The SMILES string of the molecule is Cc1cc2oc(=O)cc(COC(=O)c3ccccc3NC(=O)c3ccco3)c2cc1C. The fourth-order valence-corrected chi connectivity index (χ4v) is 3.19. The van der Waals surface area contributed by atoms with Gasteiger partial charge >= 0.3 is 11.6 Å². The van der Waals surface area contributed by atoms with Gasteiger partial charge in [0.2, 0.25) is 0 Å². The van der Waals surface area contributed by atoms with Crippen molar-refractivity contribution in [3.05, 3.63) is 99.3 Å². The van der Waals surface area contributed by atoms with Gasteiger partial charge in [-0.2, -0.15) is 0 Å². The number of rotatable bonds is 5. The van der Waals surface area contributed by atoms with Gasteiger partial charge in [0.1, 0.15) is 12.2 Å². The summed E-state index contributed by atoms with van der Waals surface area (Å²) in [6.45, 7) is 3.76. The summed E-state index contributed by atoms with van der Waals surface area (Å²) in [5.74, 6) is -1.00. The third-order valence-corrected chi connectivity index (χ3v) is 4.94. The zero-order valence-corrected chi connectivity index (χ0v) is 16.9. The standard InChI is InChI=1S/C24H19NO6/c1-14-10-18-16(12-22(26)31-21(18)11-15(14)2)13-30-24(28)17-6-3-4-7-19(17)25-23(27)20-8-5-9-29-20/h3-12H,13H2,1-2H3,(H,25,27). The second kappa shape index (κ2) is 8.31. The molecule has 1 N–H and O–H groups in total. The van der Waals surface area contributed by atoms with E-state index in [-0.39, 0.29) is 23.6 Å². The number of furan rings is 1. The molecular weight excluding hydrogens is 398 g/mol. The Kier molecular flexibility index (Phi) is 5.41. The molecule has 7 nitrogen and oxygen atoms in total. The number of benzene rings is 2. The van der Waals surface area contributed by atoms with Crippen LogP contribution in [-0.2, 0) is 11.3 Å². The number of hydrogen-bond acceptors (Lipinski definition) is 6. The number of esters is 1. The number of ether oxygens (including phenoxy) is 1. The number of fused-ring (bicyclic) bond motifs is 1. The van der Waals surface area contributed by atoms with Crippen molar-refractivity contribution in [1.82, 2.24) is 0 Å². The molecule has 2 aromatic carbocycles. The lowest BCUT2D eigenvalue weighted by Gasteiger charge is -2.12. The quantitative estimate of drug-likeness (QED) is 0.376. The van der Waals surface area contributed by atoms with Crippen LogP contribution >= 0.6 is 0 Å². The van der Waals surface area contributed by atoms with E-state index < -0.39 is 17.5 Å². The third-order valence-electron chi connectivity index (χ3n) is 4.94. The summed E-state index contributed by atoms with van der Waals surface area (Å²) in [5, 5.41) is 3.35. The maximum Gasteiger partial charge on any atom is 0.340 e. The summed E-state index contributed by atoms with van der Waals surface area (Å²) >= 11 is 0. The number of carbonyl (C=O) groups excluding carboxylic acids is 2. The smallest absolute Gasteiger partial charge is 0.340 e. The molecule has 0 saturated heterocycles. The van der Waals surface area contributed by atoms with Crippen LogP contribution in [0.2, 0.25) is 0 Å². The first kappa shape index (κ1) is 20.2. The monoisotopic (exact) mass is 417 g/mol. The summed E-state index contributed by atoms with van der Waals surface area (Å²) in [4.78, 5) is 37.0. The molecule has 0 atom stereocenters. The van der Waals surface area contributed by atoms with Gasteiger partial charge < -0.3 is 18.9 Å². The zero-order valence-electron chi connectivity index (χ0n) is 16.9. The van der Waals surface area contributed by atoms with Gasteiger partial charge in [-0.15, -0.1) is 0 Å². The number of carbonyl (C=O) groups is 2. The van der Waals surface area contributed by atoms with E-state index >= 15 is 0 Å². The van der Waals surface area contributed by atoms with E-state index in [1.54, 1.807) is 36.4 Å². The Morgan fingerprint density at radius 3 is 2.55 bits per heavy atom. The highest BCUT2D eigenvalue weighted by molar-refractivity contribution is 6.06. The summed E-state index contributed by atoms with van der Waals surface area (Å²) in [5.41, 5.74) is 2.95. The molecule has 0 aliphatic rings. The van der Waals surface area contributed by atoms with Crippen LogP contribution < -0.4 is 10.9 Å². The Labute approximate surface area is 177 Å². The number of anilines is 1. The van der Waals surface area contributed by atoms with Crippen LogP contribution in [0.3, 0.4) is 0 Å². The molecule has 156 valence electrons. The molecular formula is C24H19NO6. The van der Waals surface area contributed by atoms with Crippen molar-refractivity contribution in [3.63, 3.8) is 0 Å². The van der Waals surface area contributed by atoms with Gasteiger partial charge in [0.15, 0.2) is 5.76 Å². The van der Waals surface area contributed by atoms with Gasteiger partial charge in [-0.05, 0) is 61.4 Å². The molecule has 2 heterocycles. The summed E-state index contributed by atoms with van der Waals surface area (Å²) in [6.07, 6.45) is 1.39. The van der Waals surface area contributed by atoms with Crippen molar-refractivity contribution in [1.29, 1.82) is 0 Å². The number of hydrogen-bond donors (Lipinski definition) is 1. The van der Waals surface area contributed by atoms with Gasteiger partial charge in [0, 0.05) is 17.0 Å². The van der Waals surface area contributed by atoms with Crippen molar-refractivity contribution >= 4 is 28.5 Å². The van der Waals surface area contributed by atoms with Crippen LogP contribution in [0.15, 0.2) is 74.5 Å². The molecule has 4 rings (SSSR count). The highest BCUT2D eigenvalue weighted by Crippen LogP contribution is 2.23. The Morgan fingerprint density at radius 1 is 1.00 bits per heavy atom. The number of aryl methyl sites for hydroxylation is 2. The van der Waals surface area contributed by atoms with Crippen LogP contribution in [0.25, 0.3) is 11.0 Å². The maximum atomic E-state index is 12.8. The van der Waals surface area contributed by atoms with E-state index in [0.717, 1.165) is 11.1 Å². The van der Waals surface area contributed by atoms with Crippen LogP contribution in [0, 0.1) is 13.8 Å². The molecule has 31 heavy (non-hydrogen) atoms. The predicted molar refractivity (Wildman–Crippen MR) is 114 cm³/mol. The summed E-state index contributed by atoms with van der Waals surface area (Å²) in [6, 6.07) is 14.6. The molecule has 0 aliphatic heterocycles. The van der Waals surface area contributed by atoms with Crippen LogP contribution in [0.4, 0.5) is 5.69 Å². The molecule has 0 unspecified atom stereocenters. The van der Waals surface area contributed by atoms with Gasteiger partial charge in [0.25, 0.3) is 5.91 Å². The lowest BCUT2D eigenvalue weighted by atomic mass is 10.0. The van der Waals surface area contributed by atoms with Crippen LogP contribution in [-0.4, -0.2) is 11.9 Å². The average molecular weight is 417 g/mol. The lowest BCUT2D eigenvalue weighted by Crippen LogP contribution is -2.15. The van der Waals surface area contributed by atoms with E-state index in [1.807, 2.05) is 19.9 Å². The minimum atomic E-state index is -0.638. The highest BCUT2D eigenvalue weighted by Gasteiger charge is 2.17. The van der Waals surface area contributed by atoms with E-state index in [9.17, 15) is 14.4 Å². The van der Waals surface area contributed by atoms with Gasteiger partial charge in [-0.25, -0.2) is 9.59 Å². The lowest BCUT2D eigenvalue weighted by molar-refractivity contribution is 0.0475. The molecule has 4 aromatic rings. The van der Waals surface area contributed by atoms with Crippen molar-refractivity contribution in [3.8, 4) is 0 Å². The fraction of sp³-hybridized carbons (Fsp3) is 0.125. The van der Waals surface area contributed by atoms with E-state index in [0.29, 0.717) is 16.5 Å². The Balaban J connectivity index is 1.57. The van der Waals surface area contributed by atoms with E-state index in [1.165, 1.54) is 18.4 Å². The van der Waals surface area contributed by atoms with E-state index in [4.69, 9.17) is 13.6 Å². The maximum absolute atomic E-state index is 12.8. The molecule has 2 aromatic heterocycles. The molecule has 0 bridgehead atoms. The van der Waals surface area contributed by atoms with Crippen molar-refractivity contribution < 1.29 is 23.2 Å². The van der Waals surface area contributed by atoms with Crippen molar-refractivity contribution in [2.75, 3.05) is 5.32 Å². The Morgan fingerprint density at radius 2 is 1.77 bits per heavy atom. The Hall–Kier alpha value is -4.13. The Bertz CT molecular complexity index is 1330. The van der Waals surface area contributed by atoms with Crippen molar-refractivity contribution in [2.24, 2.45) is 0 Å². The normalized spacial score (nSPS) is 10.8. The zero-order chi connectivity index (χ0) is 22.0. The second-order valence-electron chi connectivity index (χ2n) is 7.08. The van der Waals surface area contributed by atoms with Crippen LogP contribution in [0.1, 0.15) is 37.6 Å². The largest absolute Gasteiger partial charge is 0.459 e. The molecule has 0 spiro atoms. The van der Waals surface area contributed by atoms with Gasteiger partial charge in [0.05, 0.1) is 17.5 Å². The summed E-state index contributed by atoms with van der Waals surface area (Å²) < 4.78 is 15.8. The topological polar surface area (TPSA) is 98.7 Å². The van der Waals surface area contributed by atoms with Gasteiger partial charge in [-0.1, -0.05) is 12.1 Å².